The summed E-state index contributed by atoms with van der Waals surface area (Å²) in [5.74, 6) is -1.83. The zero-order valence-corrected chi connectivity index (χ0v) is 11.7. The second kappa shape index (κ2) is 6.78. The average molecular weight is 310 g/mol. The summed E-state index contributed by atoms with van der Waals surface area (Å²) in [4.78, 5) is 33.5. The van der Waals surface area contributed by atoms with Gasteiger partial charge in [0, 0.05) is 12.7 Å². The Kier molecular flexibility index (Phi) is 5.64. The molecule has 0 saturated carbocycles. The van der Waals surface area contributed by atoms with Crippen molar-refractivity contribution >= 4 is 41.2 Å². The van der Waals surface area contributed by atoms with E-state index < -0.39 is 30.2 Å². The molecular weight excluding hydrogens is 298 g/mol. The van der Waals surface area contributed by atoms with Crippen LogP contribution < -0.4 is 5.32 Å². The number of halogens is 1. The van der Waals surface area contributed by atoms with Gasteiger partial charge in [0.25, 0.3) is 0 Å². The van der Waals surface area contributed by atoms with E-state index in [4.69, 9.17) is 11.6 Å². The molecule has 0 aliphatic carbocycles. The molecule has 2 atom stereocenters. The molecule has 0 saturated heterocycles. The Hall–Kier alpha value is -1.25. The molecule has 1 aliphatic rings. The van der Waals surface area contributed by atoms with Crippen LogP contribution in [0.15, 0.2) is 9.94 Å². The predicted octanol–water partition coefficient (Wildman–Crippen LogP) is -0.277. The van der Waals surface area contributed by atoms with Gasteiger partial charge in [-0.05, 0) is 0 Å². The summed E-state index contributed by atoms with van der Waals surface area (Å²) in [5.41, 5.74) is 0. The predicted molar refractivity (Wildman–Crippen MR) is 67.1 cm³/mol. The number of esters is 2. The van der Waals surface area contributed by atoms with Gasteiger partial charge in [-0.15, -0.1) is 11.8 Å². The lowest BCUT2D eigenvalue weighted by Gasteiger charge is -2.15. The molecule has 0 aromatic rings. The highest BCUT2D eigenvalue weighted by Gasteiger charge is 2.33. The first-order valence-electron chi connectivity index (χ1n) is 5.13. The van der Waals surface area contributed by atoms with Gasteiger partial charge in [0.2, 0.25) is 12.2 Å². The zero-order valence-electron chi connectivity index (χ0n) is 10.1. The Labute approximate surface area is 118 Å². The first-order chi connectivity index (χ1) is 8.86. The number of aliphatic hydroxyl groups excluding tert-OH is 1. The van der Waals surface area contributed by atoms with Gasteiger partial charge in [0.05, 0.1) is 12.0 Å². The second-order valence-electron chi connectivity index (χ2n) is 3.52. The minimum Gasteiger partial charge on any atom is -0.467 e. The highest BCUT2D eigenvalue weighted by atomic mass is 35.5. The molecule has 9 heteroatoms. The third kappa shape index (κ3) is 4.12. The lowest BCUT2D eigenvalue weighted by molar-refractivity contribution is -0.151. The fraction of sp³-hybridized carbons (Fsp3) is 0.500. The summed E-state index contributed by atoms with van der Waals surface area (Å²) < 4.78 is 9.00. The average Bonchev–Trinajstić information content (AvgIpc) is 2.58. The maximum absolute atomic E-state index is 11.4. The van der Waals surface area contributed by atoms with Crippen LogP contribution in [0.4, 0.5) is 0 Å². The van der Waals surface area contributed by atoms with Gasteiger partial charge in [0.15, 0.2) is 0 Å². The minimum absolute atomic E-state index is 0.0471. The van der Waals surface area contributed by atoms with Crippen molar-refractivity contribution in [3.63, 3.8) is 0 Å². The number of carbonyl (C=O) groups is 3. The molecular formula is C10H12ClNO6S. The largest absolute Gasteiger partial charge is 0.467 e. The molecule has 0 radical (unpaired) electrons. The van der Waals surface area contributed by atoms with E-state index >= 15 is 0 Å². The molecule has 1 heterocycles. The van der Waals surface area contributed by atoms with Crippen molar-refractivity contribution < 1.29 is 29.0 Å². The molecule has 1 unspecified atom stereocenters. The molecule has 1 aliphatic heterocycles. The SMILES string of the molecule is COC(=O)[C@H](CSC1=C(Cl)C(=O)OC1O)NC(C)=O. The van der Waals surface area contributed by atoms with Crippen molar-refractivity contribution in [2.45, 2.75) is 19.3 Å². The Bertz CT molecular complexity index is 438. The maximum Gasteiger partial charge on any atom is 0.353 e. The number of carbonyl (C=O) groups excluding carboxylic acids is 3. The second-order valence-corrected chi connectivity index (χ2v) is 4.96. The van der Waals surface area contributed by atoms with Gasteiger partial charge < -0.3 is 19.9 Å². The summed E-state index contributed by atoms with van der Waals surface area (Å²) in [6.45, 7) is 1.25. The summed E-state index contributed by atoms with van der Waals surface area (Å²) in [6.07, 6.45) is -1.44. The highest BCUT2D eigenvalue weighted by Crippen LogP contribution is 2.33. The van der Waals surface area contributed by atoms with E-state index in [-0.39, 0.29) is 15.7 Å². The van der Waals surface area contributed by atoms with Gasteiger partial charge in [-0.3, -0.25) is 4.79 Å². The van der Waals surface area contributed by atoms with Crippen LogP contribution in [0.25, 0.3) is 0 Å². The van der Waals surface area contributed by atoms with Crippen LogP contribution in [0.1, 0.15) is 6.92 Å². The lowest BCUT2D eigenvalue weighted by atomic mass is 10.3. The summed E-state index contributed by atoms with van der Waals surface area (Å²) in [5, 5.41) is 11.6. The van der Waals surface area contributed by atoms with E-state index in [0.717, 1.165) is 11.8 Å². The fourth-order valence-corrected chi connectivity index (χ4v) is 2.55. The Morgan fingerprint density at radius 2 is 2.26 bits per heavy atom. The van der Waals surface area contributed by atoms with Gasteiger partial charge >= 0.3 is 11.9 Å². The number of cyclic esters (lactones) is 1. The molecule has 1 amide bonds. The third-order valence-electron chi connectivity index (χ3n) is 2.11. The van der Waals surface area contributed by atoms with E-state index in [1.54, 1.807) is 0 Å². The molecule has 0 fully saturated rings. The van der Waals surface area contributed by atoms with Crippen LogP contribution in [-0.4, -0.2) is 48.1 Å². The molecule has 0 bridgehead atoms. The first-order valence-corrected chi connectivity index (χ1v) is 6.49. The number of thioether (sulfide) groups is 1. The van der Waals surface area contributed by atoms with Crippen LogP contribution in [-0.2, 0) is 23.9 Å². The number of amides is 1. The number of ether oxygens (including phenoxy) is 2. The number of hydrogen-bond acceptors (Lipinski definition) is 7. The lowest BCUT2D eigenvalue weighted by Crippen LogP contribution is -2.42. The van der Waals surface area contributed by atoms with E-state index in [0.29, 0.717) is 0 Å². The van der Waals surface area contributed by atoms with Crippen molar-refractivity contribution in [2.24, 2.45) is 0 Å². The molecule has 7 nitrogen and oxygen atoms in total. The number of nitrogens with one attached hydrogen (secondary N) is 1. The summed E-state index contributed by atoms with van der Waals surface area (Å²) in [6, 6.07) is -0.910. The first kappa shape index (κ1) is 15.8. The van der Waals surface area contributed by atoms with Crippen molar-refractivity contribution in [3.8, 4) is 0 Å². The van der Waals surface area contributed by atoms with Gasteiger partial charge in [-0.2, -0.15) is 0 Å². The van der Waals surface area contributed by atoms with Gasteiger partial charge in [0.1, 0.15) is 11.1 Å². The smallest absolute Gasteiger partial charge is 0.353 e. The van der Waals surface area contributed by atoms with Gasteiger partial charge in [-0.25, -0.2) is 9.59 Å². The van der Waals surface area contributed by atoms with Crippen LogP contribution in [0.3, 0.4) is 0 Å². The molecule has 0 aromatic heterocycles. The molecule has 2 N–H and O–H groups in total. The fourth-order valence-electron chi connectivity index (χ4n) is 1.28. The van der Waals surface area contributed by atoms with E-state index in [1.165, 1.54) is 14.0 Å². The Morgan fingerprint density at radius 3 is 2.68 bits per heavy atom. The standard InChI is InChI=1S/C10H12ClNO6S/c1-4(13)12-5(8(14)17-2)3-19-7-6(11)9(15)18-10(7)16/h5,10,16H,3H2,1-2H3,(H,12,13)/t5-,10?/m0/s1. The van der Waals surface area contributed by atoms with E-state index in [1.807, 2.05) is 0 Å². The van der Waals surface area contributed by atoms with E-state index in [9.17, 15) is 19.5 Å². The molecule has 19 heavy (non-hydrogen) atoms. The number of methoxy groups -OCH3 is 1. The highest BCUT2D eigenvalue weighted by molar-refractivity contribution is 8.03. The number of hydrogen-bond donors (Lipinski definition) is 2. The molecule has 0 aromatic carbocycles. The van der Waals surface area contributed by atoms with Gasteiger partial charge in [-0.1, -0.05) is 11.6 Å². The third-order valence-corrected chi connectivity index (χ3v) is 3.79. The Balaban J connectivity index is 2.69. The topological polar surface area (TPSA) is 102 Å². The van der Waals surface area contributed by atoms with E-state index in [2.05, 4.69) is 14.8 Å². The van der Waals surface area contributed by atoms with Crippen molar-refractivity contribution in [3.05, 3.63) is 9.94 Å². The summed E-state index contributed by atoms with van der Waals surface area (Å²) in [7, 11) is 1.19. The normalized spacial score (nSPS) is 20.0. The zero-order chi connectivity index (χ0) is 14.6. The molecule has 106 valence electrons. The summed E-state index contributed by atoms with van der Waals surface area (Å²) >= 11 is 6.58. The van der Waals surface area contributed by atoms with Crippen molar-refractivity contribution in [1.29, 1.82) is 0 Å². The molecule has 1 rings (SSSR count). The monoisotopic (exact) mass is 309 g/mol. The van der Waals surface area contributed by atoms with Crippen LogP contribution in [0, 0.1) is 0 Å². The molecule has 0 spiro atoms. The number of rotatable bonds is 5. The maximum atomic E-state index is 11.4. The minimum atomic E-state index is -1.44. The van der Waals surface area contributed by atoms with Crippen molar-refractivity contribution in [1.82, 2.24) is 5.32 Å². The van der Waals surface area contributed by atoms with Crippen molar-refractivity contribution in [2.75, 3.05) is 12.9 Å². The van der Waals surface area contributed by atoms with Crippen LogP contribution in [0.5, 0.6) is 0 Å². The van der Waals surface area contributed by atoms with Crippen LogP contribution >= 0.6 is 23.4 Å². The van der Waals surface area contributed by atoms with Crippen LogP contribution in [0.2, 0.25) is 0 Å². The Morgan fingerprint density at radius 1 is 1.63 bits per heavy atom. The number of aliphatic hydroxyl groups is 1. The quantitative estimate of drug-likeness (QED) is 0.674.